The minimum Gasteiger partial charge on any atom is -0.400 e. The average Bonchev–Trinajstić information content (AvgIpc) is 2.71. The van der Waals surface area contributed by atoms with Crippen LogP contribution in [0.15, 0.2) is 23.7 Å². The van der Waals surface area contributed by atoms with E-state index >= 15 is 0 Å². The molecule has 2 rings (SSSR count). The fourth-order valence-electron chi connectivity index (χ4n) is 2.44. The quantitative estimate of drug-likeness (QED) is 0.664. The Morgan fingerprint density at radius 2 is 1.76 bits per heavy atom. The van der Waals surface area contributed by atoms with Gasteiger partial charge in [-0.1, -0.05) is 18.2 Å². The molecular weight excluding hydrogens is 334 g/mol. The first-order valence-electron chi connectivity index (χ1n) is 7.84. The molecule has 0 aromatic heterocycles. The molecule has 0 saturated carbocycles. The Hall–Kier alpha value is -1.64. The van der Waals surface area contributed by atoms with E-state index in [1.165, 1.54) is 12.1 Å². The molecule has 1 aromatic carbocycles. The van der Waals surface area contributed by atoms with E-state index in [1.54, 1.807) is 0 Å². The lowest BCUT2D eigenvalue weighted by Gasteiger charge is -2.32. The van der Waals surface area contributed by atoms with Crippen LogP contribution in [0, 0.1) is 0 Å². The lowest BCUT2D eigenvalue weighted by Crippen LogP contribution is -2.41. The van der Waals surface area contributed by atoms with E-state index in [4.69, 9.17) is 15.0 Å². The van der Waals surface area contributed by atoms with Crippen LogP contribution in [0.5, 0.6) is 0 Å². The van der Waals surface area contributed by atoms with Gasteiger partial charge in [-0.2, -0.15) is 13.2 Å². The molecule has 1 aliphatic heterocycles. The van der Waals surface area contributed by atoms with Gasteiger partial charge < -0.3 is 15.0 Å². The second kappa shape index (κ2) is 6.59. The molecular formula is C17H21BF3NO3. The van der Waals surface area contributed by atoms with E-state index in [9.17, 15) is 18.0 Å². The van der Waals surface area contributed by atoms with E-state index in [0.717, 1.165) is 12.1 Å². The third-order valence-electron chi connectivity index (χ3n) is 4.65. The molecule has 0 aliphatic carbocycles. The highest BCUT2D eigenvalue weighted by Crippen LogP contribution is 2.39. The van der Waals surface area contributed by atoms with E-state index in [-0.39, 0.29) is 18.4 Å². The summed E-state index contributed by atoms with van der Waals surface area (Å²) in [6.45, 7) is 7.57. The van der Waals surface area contributed by atoms with Gasteiger partial charge in [0.15, 0.2) is 6.29 Å². The van der Waals surface area contributed by atoms with Gasteiger partial charge in [-0.25, -0.2) is 0 Å². The molecule has 1 heterocycles. The molecule has 0 radical (unpaired) electrons. The van der Waals surface area contributed by atoms with Gasteiger partial charge in [0.2, 0.25) is 0 Å². The number of carbonyl (C=O) groups is 1. The van der Waals surface area contributed by atoms with E-state index < -0.39 is 35.6 Å². The average molecular weight is 355 g/mol. The Kier molecular flexibility index (Phi) is 5.19. The third kappa shape index (κ3) is 3.97. The molecule has 25 heavy (non-hydrogen) atoms. The van der Waals surface area contributed by atoms with Crippen LogP contribution in [0.2, 0.25) is 0 Å². The summed E-state index contributed by atoms with van der Waals surface area (Å²) in [4.78, 5) is 10.8. The number of benzene rings is 1. The second-order valence-electron chi connectivity index (χ2n) is 6.97. The topological polar surface area (TPSA) is 61.5 Å². The number of hydrogen-bond acceptors (Lipinski definition) is 4. The molecule has 0 atom stereocenters. The predicted molar refractivity (Wildman–Crippen MR) is 89.9 cm³/mol. The Morgan fingerprint density at radius 3 is 2.20 bits per heavy atom. The summed E-state index contributed by atoms with van der Waals surface area (Å²) in [7, 11) is -0.741. The van der Waals surface area contributed by atoms with Gasteiger partial charge in [-0.15, -0.1) is 0 Å². The Balaban J connectivity index is 2.40. The summed E-state index contributed by atoms with van der Waals surface area (Å²) in [5.74, 6) is 0. The number of nitrogens with two attached hydrogens (primary N) is 1. The van der Waals surface area contributed by atoms with Crippen LogP contribution >= 0.6 is 0 Å². The molecule has 8 heteroatoms. The third-order valence-corrected chi connectivity index (χ3v) is 4.65. The molecule has 1 aliphatic rings. The van der Waals surface area contributed by atoms with Crippen molar-refractivity contribution in [2.45, 2.75) is 45.1 Å². The zero-order valence-corrected chi connectivity index (χ0v) is 14.6. The van der Waals surface area contributed by atoms with Crippen molar-refractivity contribution in [1.82, 2.24) is 0 Å². The summed E-state index contributed by atoms with van der Waals surface area (Å²) in [6, 6.07) is 3.49. The smallest absolute Gasteiger partial charge is 0.400 e. The van der Waals surface area contributed by atoms with Crippen molar-refractivity contribution in [3.8, 4) is 0 Å². The zero-order chi connectivity index (χ0) is 19.0. The van der Waals surface area contributed by atoms with Crippen molar-refractivity contribution in [2.24, 2.45) is 5.73 Å². The van der Waals surface area contributed by atoms with Gasteiger partial charge in [0.1, 0.15) is 0 Å². The minimum absolute atomic E-state index is 0.0631. The molecule has 4 nitrogen and oxygen atoms in total. The highest BCUT2D eigenvalue weighted by Gasteiger charge is 2.52. The van der Waals surface area contributed by atoms with Crippen molar-refractivity contribution in [3.05, 3.63) is 40.4 Å². The van der Waals surface area contributed by atoms with Crippen LogP contribution in [0.3, 0.4) is 0 Å². The van der Waals surface area contributed by atoms with Crippen molar-refractivity contribution in [3.63, 3.8) is 0 Å². The fourth-order valence-corrected chi connectivity index (χ4v) is 2.44. The summed E-state index contributed by atoms with van der Waals surface area (Å²) in [6.07, 6.45) is -2.92. The fraction of sp³-hybridized carbons (Fsp3) is 0.471. The van der Waals surface area contributed by atoms with E-state index in [0.29, 0.717) is 5.47 Å². The Labute approximate surface area is 145 Å². The molecule has 0 bridgehead atoms. The molecule has 1 saturated heterocycles. The predicted octanol–water partition coefficient (Wildman–Crippen LogP) is 3.49. The molecule has 1 fully saturated rings. The molecule has 1 aromatic rings. The van der Waals surface area contributed by atoms with Gasteiger partial charge in [0.25, 0.3) is 0 Å². The number of alkyl halides is 3. The molecule has 0 unspecified atom stereocenters. The minimum atomic E-state index is -4.62. The Bertz CT molecular complexity index is 683. The van der Waals surface area contributed by atoms with Crippen LogP contribution in [-0.2, 0) is 15.5 Å². The van der Waals surface area contributed by atoms with Gasteiger partial charge in [0.05, 0.1) is 16.8 Å². The van der Waals surface area contributed by atoms with Crippen molar-refractivity contribution in [2.75, 3.05) is 6.54 Å². The lowest BCUT2D eigenvalue weighted by atomic mass is 9.77. The first-order chi connectivity index (χ1) is 11.4. The standard InChI is InChI=1S/C17H21BF3NO3/c1-15(2)16(3,4)25-18(24-15)13(9-22)7-11-5-6-12(10-23)14(8-11)17(19,20)21/h5-8,10H,9,22H2,1-4H3. The largest absolute Gasteiger partial charge is 0.491 e. The first-order valence-corrected chi connectivity index (χ1v) is 7.84. The lowest BCUT2D eigenvalue weighted by molar-refractivity contribution is -0.137. The van der Waals surface area contributed by atoms with E-state index in [1.807, 2.05) is 27.7 Å². The maximum atomic E-state index is 13.1. The van der Waals surface area contributed by atoms with Crippen molar-refractivity contribution in [1.29, 1.82) is 0 Å². The van der Waals surface area contributed by atoms with Crippen LogP contribution in [0.1, 0.15) is 49.2 Å². The van der Waals surface area contributed by atoms with Gasteiger partial charge >= 0.3 is 13.3 Å². The SMILES string of the molecule is CC1(C)OB(C(=Cc2ccc(C=O)c(C(F)(F)F)c2)CN)OC1(C)C. The normalized spacial score (nSPS) is 20.0. The zero-order valence-electron chi connectivity index (χ0n) is 14.6. The molecule has 0 spiro atoms. The summed E-state index contributed by atoms with van der Waals surface area (Å²) < 4.78 is 51.0. The van der Waals surface area contributed by atoms with Gasteiger partial charge in [-0.05, 0) is 44.8 Å². The van der Waals surface area contributed by atoms with Crippen LogP contribution in [-0.4, -0.2) is 31.2 Å². The first kappa shape index (κ1) is 19.7. The van der Waals surface area contributed by atoms with E-state index in [2.05, 4.69) is 0 Å². The van der Waals surface area contributed by atoms with Crippen LogP contribution in [0.25, 0.3) is 6.08 Å². The van der Waals surface area contributed by atoms with Gasteiger partial charge in [-0.3, -0.25) is 4.79 Å². The highest BCUT2D eigenvalue weighted by molar-refractivity contribution is 6.55. The monoisotopic (exact) mass is 355 g/mol. The highest BCUT2D eigenvalue weighted by atomic mass is 19.4. The van der Waals surface area contributed by atoms with Gasteiger partial charge in [0, 0.05) is 12.1 Å². The second-order valence-corrected chi connectivity index (χ2v) is 6.97. The molecule has 0 amide bonds. The number of halogens is 3. The summed E-state index contributed by atoms with van der Waals surface area (Å²) >= 11 is 0. The molecule has 2 N–H and O–H groups in total. The number of rotatable bonds is 4. The number of hydrogen-bond donors (Lipinski definition) is 1. The van der Waals surface area contributed by atoms with Crippen LogP contribution in [0.4, 0.5) is 13.2 Å². The maximum Gasteiger partial charge on any atom is 0.491 e. The summed E-state index contributed by atoms with van der Waals surface area (Å²) in [5.41, 5.74) is 3.99. The van der Waals surface area contributed by atoms with Crippen molar-refractivity contribution >= 4 is 19.5 Å². The van der Waals surface area contributed by atoms with Crippen molar-refractivity contribution < 1.29 is 27.3 Å². The number of aldehydes is 1. The number of carbonyl (C=O) groups excluding carboxylic acids is 1. The molecule has 136 valence electrons. The Morgan fingerprint density at radius 1 is 1.20 bits per heavy atom. The summed E-state index contributed by atoms with van der Waals surface area (Å²) in [5, 5.41) is 0. The maximum absolute atomic E-state index is 13.1. The van der Waals surface area contributed by atoms with Crippen LogP contribution < -0.4 is 5.73 Å².